The lowest BCUT2D eigenvalue weighted by molar-refractivity contribution is -0.140. The van der Waals surface area contributed by atoms with Gasteiger partial charge in [0.25, 0.3) is 0 Å². The van der Waals surface area contributed by atoms with Crippen molar-refractivity contribution in [2.24, 2.45) is 0 Å². The number of hydrogen-bond donors (Lipinski definition) is 1. The van der Waals surface area contributed by atoms with E-state index in [0.717, 1.165) is 5.56 Å². The summed E-state index contributed by atoms with van der Waals surface area (Å²) in [5.41, 5.74) is 3.04. The minimum atomic E-state index is -0.939. The molecule has 5 rings (SSSR count). The average molecular weight is 560 g/mol. The zero-order valence-electron chi connectivity index (χ0n) is 23.6. The number of esters is 1. The Morgan fingerprint density at radius 3 is 2.61 bits per heavy atom. The standard InChI is InChI=1S/C32H33NO8/c1-5-39-26-11-10-19(16-27(26)38-4)20-14-23-30(24(34)15-20)29(28(18(2)33-23)32(36)40-13-12-37-3)22-17-41-25-9-7-6-8-21(25)31(22)35/h6-11,16-17,20,29,33H,5,12-15H2,1-4H3/t20-,29+/m1/s1. The summed E-state index contributed by atoms with van der Waals surface area (Å²) in [5.74, 6) is -0.640. The molecular weight excluding hydrogens is 526 g/mol. The van der Waals surface area contributed by atoms with Crippen LogP contribution in [-0.4, -0.2) is 45.8 Å². The Morgan fingerprint density at radius 2 is 1.85 bits per heavy atom. The van der Waals surface area contributed by atoms with Gasteiger partial charge in [0.2, 0.25) is 0 Å². The fraction of sp³-hybridized carbons (Fsp3) is 0.344. The molecule has 0 saturated carbocycles. The summed E-state index contributed by atoms with van der Waals surface area (Å²) in [7, 11) is 3.09. The van der Waals surface area contributed by atoms with Crippen LogP contribution in [0, 0.1) is 0 Å². The Hall–Kier alpha value is -4.37. The van der Waals surface area contributed by atoms with Gasteiger partial charge in [-0.25, -0.2) is 4.79 Å². The fourth-order valence-electron chi connectivity index (χ4n) is 5.66. The van der Waals surface area contributed by atoms with E-state index in [9.17, 15) is 14.4 Å². The number of ether oxygens (including phenoxy) is 4. The van der Waals surface area contributed by atoms with Crippen LogP contribution in [0.5, 0.6) is 11.5 Å². The number of hydrogen-bond acceptors (Lipinski definition) is 9. The average Bonchev–Trinajstić information content (AvgIpc) is 2.97. The number of allylic oxidation sites excluding steroid dienone is 3. The molecule has 0 amide bonds. The fourth-order valence-corrected chi connectivity index (χ4v) is 5.66. The van der Waals surface area contributed by atoms with Gasteiger partial charge in [0.15, 0.2) is 22.7 Å². The van der Waals surface area contributed by atoms with Crippen LogP contribution in [0.1, 0.15) is 49.7 Å². The van der Waals surface area contributed by atoms with E-state index in [2.05, 4.69) is 5.32 Å². The molecule has 1 aliphatic heterocycles. The summed E-state index contributed by atoms with van der Waals surface area (Å²) >= 11 is 0. The zero-order chi connectivity index (χ0) is 29.1. The van der Waals surface area contributed by atoms with Crippen molar-refractivity contribution >= 4 is 22.7 Å². The van der Waals surface area contributed by atoms with Crippen LogP contribution >= 0.6 is 0 Å². The van der Waals surface area contributed by atoms with E-state index in [1.165, 1.54) is 13.4 Å². The Kier molecular flexibility index (Phi) is 8.26. The van der Waals surface area contributed by atoms with E-state index in [0.29, 0.717) is 52.5 Å². The summed E-state index contributed by atoms with van der Waals surface area (Å²) < 4.78 is 27.5. The van der Waals surface area contributed by atoms with Gasteiger partial charge in [-0.05, 0) is 56.0 Å². The van der Waals surface area contributed by atoms with E-state index in [1.807, 2.05) is 25.1 Å². The molecule has 2 aromatic carbocycles. The Bertz CT molecular complexity index is 1620. The van der Waals surface area contributed by atoms with Crippen LogP contribution < -0.4 is 20.2 Å². The molecule has 9 nitrogen and oxygen atoms in total. The van der Waals surface area contributed by atoms with Gasteiger partial charge in [-0.3, -0.25) is 9.59 Å². The van der Waals surface area contributed by atoms with Crippen LogP contribution in [0.25, 0.3) is 11.0 Å². The normalized spacial score (nSPS) is 18.7. The monoisotopic (exact) mass is 559 g/mol. The minimum absolute atomic E-state index is 0.0344. The van der Waals surface area contributed by atoms with Gasteiger partial charge >= 0.3 is 5.97 Å². The van der Waals surface area contributed by atoms with Crippen molar-refractivity contribution in [3.63, 3.8) is 0 Å². The first-order valence-electron chi connectivity index (χ1n) is 13.6. The summed E-state index contributed by atoms with van der Waals surface area (Å²) in [6, 6.07) is 12.6. The first-order chi connectivity index (χ1) is 19.9. The second kappa shape index (κ2) is 12.0. The maximum Gasteiger partial charge on any atom is 0.336 e. The van der Waals surface area contributed by atoms with Gasteiger partial charge in [0, 0.05) is 36.1 Å². The van der Waals surface area contributed by atoms with Gasteiger partial charge < -0.3 is 28.7 Å². The van der Waals surface area contributed by atoms with Crippen molar-refractivity contribution < 1.29 is 33.0 Å². The van der Waals surface area contributed by atoms with E-state index < -0.39 is 11.9 Å². The van der Waals surface area contributed by atoms with Gasteiger partial charge in [-0.15, -0.1) is 0 Å². The third kappa shape index (κ3) is 5.37. The highest BCUT2D eigenvalue weighted by Crippen LogP contribution is 2.46. The number of carbonyl (C=O) groups is 2. The molecule has 214 valence electrons. The molecule has 2 heterocycles. The number of rotatable bonds is 9. The Balaban J connectivity index is 1.59. The summed E-state index contributed by atoms with van der Waals surface area (Å²) in [6.07, 6.45) is 2.05. The first kappa shape index (κ1) is 28.2. The number of nitrogens with one attached hydrogen (secondary N) is 1. The van der Waals surface area contributed by atoms with Crippen LogP contribution in [0.3, 0.4) is 0 Å². The van der Waals surface area contributed by atoms with Crippen molar-refractivity contribution in [3.05, 3.63) is 92.6 Å². The zero-order valence-corrected chi connectivity index (χ0v) is 23.6. The third-order valence-electron chi connectivity index (χ3n) is 7.54. The quantitative estimate of drug-likeness (QED) is 0.293. The number of Topliss-reactive ketones (excluding diaryl/α,β-unsaturated/α-hetero) is 1. The van der Waals surface area contributed by atoms with Crippen LogP contribution in [0.2, 0.25) is 0 Å². The first-order valence-corrected chi connectivity index (χ1v) is 13.6. The number of methoxy groups -OCH3 is 2. The molecule has 0 fully saturated rings. The number of para-hydroxylation sites is 1. The lowest BCUT2D eigenvalue weighted by atomic mass is 9.72. The van der Waals surface area contributed by atoms with Gasteiger partial charge in [0.1, 0.15) is 12.2 Å². The van der Waals surface area contributed by atoms with Gasteiger partial charge in [-0.1, -0.05) is 18.2 Å². The Labute approximate surface area is 237 Å². The van der Waals surface area contributed by atoms with Gasteiger partial charge in [0.05, 0.1) is 43.5 Å². The van der Waals surface area contributed by atoms with Crippen molar-refractivity contribution in [3.8, 4) is 11.5 Å². The van der Waals surface area contributed by atoms with E-state index in [-0.39, 0.29) is 47.9 Å². The van der Waals surface area contributed by atoms with Gasteiger partial charge in [-0.2, -0.15) is 0 Å². The second-order valence-electron chi connectivity index (χ2n) is 10.0. The van der Waals surface area contributed by atoms with E-state index >= 15 is 0 Å². The molecule has 3 aromatic rings. The van der Waals surface area contributed by atoms with E-state index in [1.54, 1.807) is 38.3 Å². The molecule has 1 N–H and O–H groups in total. The van der Waals surface area contributed by atoms with Crippen LogP contribution in [0.4, 0.5) is 0 Å². The molecule has 0 spiro atoms. The molecular formula is C32H33NO8. The van der Waals surface area contributed by atoms with Crippen LogP contribution in [0.15, 0.2) is 80.5 Å². The highest BCUT2D eigenvalue weighted by atomic mass is 16.6. The van der Waals surface area contributed by atoms with Crippen molar-refractivity contribution in [2.75, 3.05) is 34.0 Å². The molecule has 2 atom stereocenters. The summed E-state index contributed by atoms with van der Waals surface area (Å²) in [4.78, 5) is 41.1. The predicted octanol–water partition coefficient (Wildman–Crippen LogP) is 4.75. The molecule has 0 radical (unpaired) electrons. The molecule has 9 heteroatoms. The third-order valence-corrected chi connectivity index (χ3v) is 7.54. The number of fused-ring (bicyclic) bond motifs is 1. The molecule has 1 aromatic heterocycles. The van der Waals surface area contributed by atoms with Crippen molar-refractivity contribution in [1.82, 2.24) is 5.32 Å². The lowest BCUT2D eigenvalue weighted by Gasteiger charge is -2.36. The molecule has 0 saturated heterocycles. The van der Waals surface area contributed by atoms with Crippen molar-refractivity contribution in [1.29, 1.82) is 0 Å². The topological polar surface area (TPSA) is 113 Å². The highest BCUT2D eigenvalue weighted by Gasteiger charge is 2.43. The molecule has 41 heavy (non-hydrogen) atoms. The largest absolute Gasteiger partial charge is 0.493 e. The van der Waals surface area contributed by atoms with Crippen molar-refractivity contribution in [2.45, 2.75) is 38.5 Å². The van der Waals surface area contributed by atoms with E-state index in [4.69, 9.17) is 23.4 Å². The maximum absolute atomic E-state index is 13.9. The highest BCUT2D eigenvalue weighted by molar-refractivity contribution is 6.04. The number of benzene rings is 2. The maximum atomic E-state index is 13.9. The smallest absolute Gasteiger partial charge is 0.336 e. The summed E-state index contributed by atoms with van der Waals surface area (Å²) in [6.45, 7) is 4.41. The molecule has 2 aliphatic rings. The number of carbonyl (C=O) groups excluding carboxylic acids is 2. The van der Waals surface area contributed by atoms with Crippen LogP contribution in [-0.2, 0) is 19.1 Å². The predicted molar refractivity (Wildman–Crippen MR) is 152 cm³/mol. The Morgan fingerprint density at radius 1 is 1.05 bits per heavy atom. The molecule has 1 aliphatic carbocycles. The lowest BCUT2D eigenvalue weighted by Crippen LogP contribution is -2.37. The molecule has 0 bridgehead atoms. The minimum Gasteiger partial charge on any atom is -0.493 e. The summed E-state index contributed by atoms with van der Waals surface area (Å²) in [5, 5.41) is 3.68. The SMILES string of the molecule is CCOc1ccc([C@H]2CC(=O)C3=C(C2)NC(C)=C(C(=O)OCCOC)[C@@H]3c2coc3ccccc3c2=O)cc1OC. The number of ketones is 1. The number of dihydropyridines is 1. The second-order valence-corrected chi connectivity index (χ2v) is 10.0. The molecule has 0 unspecified atom stereocenters.